The lowest BCUT2D eigenvalue weighted by Gasteiger charge is -2.37. The van der Waals surface area contributed by atoms with Crippen LogP contribution in [0.3, 0.4) is 0 Å². The van der Waals surface area contributed by atoms with Crippen molar-refractivity contribution in [3.8, 4) is 11.5 Å². The van der Waals surface area contributed by atoms with Crippen LogP contribution < -0.4 is 20.5 Å². The minimum atomic E-state index is -0.417. The average molecular weight is 397 g/mol. The van der Waals surface area contributed by atoms with Crippen molar-refractivity contribution >= 4 is 18.3 Å². The van der Waals surface area contributed by atoms with Gasteiger partial charge in [-0.1, -0.05) is 25.0 Å². The minimum Gasteiger partial charge on any atom is -0.493 e. The number of hydrogen-bond donors (Lipinski definition) is 2. The monoisotopic (exact) mass is 396 g/mol. The molecule has 6 heteroatoms. The van der Waals surface area contributed by atoms with Gasteiger partial charge in [0.1, 0.15) is 0 Å². The quantitative estimate of drug-likeness (QED) is 0.763. The molecule has 152 valence electrons. The van der Waals surface area contributed by atoms with Crippen molar-refractivity contribution in [2.45, 2.75) is 76.5 Å². The topological polar surface area (TPSA) is 73.6 Å². The van der Waals surface area contributed by atoms with Crippen molar-refractivity contribution in [3.05, 3.63) is 23.8 Å². The largest absolute Gasteiger partial charge is 0.493 e. The summed E-state index contributed by atoms with van der Waals surface area (Å²) in [6.07, 6.45) is 8.76. The minimum absolute atomic E-state index is 0. The zero-order valence-corrected chi connectivity index (χ0v) is 17.3. The molecule has 2 saturated carbocycles. The van der Waals surface area contributed by atoms with Crippen LogP contribution in [-0.4, -0.2) is 24.7 Å². The lowest BCUT2D eigenvalue weighted by atomic mass is 9.74. The SMILES string of the molecule is COc1cccc(CNC(=O)C2CCCCC2(C)N)c1OC1CCCC1.Cl. The summed E-state index contributed by atoms with van der Waals surface area (Å²) in [4.78, 5) is 12.7. The molecule has 2 fully saturated rings. The molecule has 27 heavy (non-hydrogen) atoms. The fourth-order valence-corrected chi connectivity index (χ4v) is 4.26. The number of carbonyl (C=O) groups excluding carboxylic acids is 1. The normalized spacial score (nSPS) is 25.5. The molecule has 0 aromatic heterocycles. The van der Waals surface area contributed by atoms with Crippen LogP contribution in [0.4, 0.5) is 0 Å². The van der Waals surface area contributed by atoms with Gasteiger partial charge in [0, 0.05) is 17.6 Å². The van der Waals surface area contributed by atoms with Crippen LogP contribution in [0, 0.1) is 5.92 Å². The molecular weight excluding hydrogens is 364 g/mol. The molecule has 0 bridgehead atoms. The first kappa shape index (κ1) is 21.8. The maximum absolute atomic E-state index is 12.7. The second-order valence-corrected chi connectivity index (χ2v) is 7.99. The zero-order chi connectivity index (χ0) is 18.6. The highest BCUT2D eigenvalue weighted by Crippen LogP contribution is 2.35. The Morgan fingerprint density at radius 1 is 1.22 bits per heavy atom. The molecule has 1 aromatic carbocycles. The van der Waals surface area contributed by atoms with Gasteiger partial charge in [-0.2, -0.15) is 0 Å². The van der Waals surface area contributed by atoms with Crippen molar-refractivity contribution in [3.63, 3.8) is 0 Å². The highest BCUT2D eigenvalue weighted by molar-refractivity contribution is 5.85. The Morgan fingerprint density at radius 3 is 2.59 bits per heavy atom. The summed E-state index contributed by atoms with van der Waals surface area (Å²) >= 11 is 0. The van der Waals surface area contributed by atoms with Crippen LogP contribution in [0.25, 0.3) is 0 Å². The molecule has 3 N–H and O–H groups in total. The number of carbonyl (C=O) groups is 1. The van der Waals surface area contributed by atoms with E-state index in [2.05, 4.69) is 5.32 Å². The Hall–Kier alpha value is -1.46. The van der Waals surface area contributed by atoms with E-state index in [-0.39, 0.29) is 30.3 Å². The van der Waals surface area contributed by atoms with Crippen LogP contribution in [0.5, 0.6) is 11.5 Å². The standard InChI is InChI=1S/C21H32N2O3.ClH/c1-21(22)13-6-5-11-17(21)20(24)23-14-15-8-7-12-18(25-2)19(15)26-16-9-3-4-10-16;/h7-8,12,16-17H,3-6,9-11,13-14,22H2,1-2H3,(H,23,24);1H. The van der Waals surface area contributed by atoms with Gasteiger partial charge in [-0.3, -0.25) is 4.79 Å². The van der Waals surface area contributed by atoms with Crippen molar-refractivity contribution in [1.82, 2.24) is 5.32 Å². The fourth-order valence-electron chi connectivity index (χ4n) is 4.26. The van der Waals surface area contributed by atoms with Crippen molar-refractivity contribution < 1.29 is 14.3 Å². The number of amides is 1. The van der Waals surface area contributed by atoms with E-state index in [0.717, 1.165) is 55.6 Å². The van der Waals surface area contributed by atoms with E-state index in [0.29, 0.717) is 6.54 Å². The van der Waals surface area contributed by atoms with Crippen LogP contribution in [0.1, 0.15) is 63.9 Å². The molecule has 0 heterocycles. The first-order chi connectivity index (χ1) is 12.5. The number of methoxy groups -OCH3 is 1. The summed E-state index contributed by atoms with van der Waals surface area (Å²) in [6, 6.07) is 5.85. The average Bonchev–Trinajstić information content (AvgIpc) is 3.13. The summed E-state index contributed by atoms with van der Waals surface area (Å²) in [5.74, 6) is 1.41. The van der Waals surface area contributed by atoms with Gasteiger partial charge in [0.2, 0.25) is 5.91 Å². The molecule has 3 rings (SSSR count). The molecule has 0 radical (unpaired) electrons. The van der Waals surface area contributed by atoms with Gasteiger partial charge in [0.15, 0.2) is 11.5 Å². The Balaban J connectivity index is 0.00000261. The van der Waals surface area contributed by atoms with Gasteiger partial charge in [-0.05, 0) is 51.5 Å². The number of ether oxygens (including phenoxy) is 2. The molecule has 2 unspecified atom stereocenters. The van der Waals surface area contributed by atoms with E-state index in [1.807, 2.05) is 25.1 Å². The fraction of sp³-hybridized carbons (Fsp3) is 0.667. The van der Waals surface area contributed by atoms with Crippen LogP contribution in [0.15, 0.2) is 18.2 Å². The van der Waals surface area contributed by atoms with Crippen LogP contribution >= 0.6 is 12.4 Å². The third-order valence-electron chi connectivity index (χ3n) is 5.89. The Labute approximate surface area is 168 Å². The van der Waals surface area contributed by atoms with Crippen LogP contribution in [0.2, 0.25) is 0 Å². The highest BCUT2D eigenvalue weighted by Gasteiger charge is 2.37. The van der Waals surface area contributed by atoms with Gasteiger partial charge in [-0.15, -0.1) is 12.4 Å². The van der Waals surface area contributed by atoms with E-state index in [9.17, 15) is 4.79 Å². The molecule has 1 amide bonds. The first-order valence-corrected chi connectivity index (χ1v) is 9.90. The van der Waals surface area contributed by atoms with Gasteiger partial charge in [-0.25, -0.2) is 0 Å². The summed E-state index contributed by atoms with van der Waals surface area (Å²) < 4.78 is 11.7. The number of hydrogen-bond acceptors (Lipinski definition) is 4. The molecule has 0 aliphatic heterocycles. The molecule has 1 aromatic rings. The third kappa shape index (κ3) is 5.29. The van der Waals surface area contributed by atoms with Gasteiger partial charge in [0.05, 0.1) is 19.1 Å². The maximum atomic E-state index is 12.7. The number of benzene rings is 1. The number of nitrogens with two attached hydrogens (primary N) is 1. The van der Waals surface area contributed by atoms with E-state index in [1.54, 1.807) is 7.11 Å². The van der Waals surface area contributed by atoms with Crippen molar-refractivity contribution in [2.24, 2.45) is 11.7 Å². The van der Waals surface area contributed by atoms with Gasteiger partial charge >= 0.3 is 0 Å². The third-order valence-corrected chi connectivity index (χ3v) is 5.89. The van der Waals surface area contributed by atoms with Crippen molar-refractivity contribution in [1.29, 1.82) is 0 Å². The molecular formula is C21H33ClN2O3. The number of halogens is 1. The Morgan fingerprint density at radius 2 is 1.93 bits per heavy atom. The lowest BCUT2D eigenvalue weighted by Crippen LogP contribution is -2.52. The highest BCUT2D eigenvalue weighted by atomic mass is 35.5. The Bertz CT molecular complexity index is 630. The van der Waals surface area contributed by atoms with Gasteiger partial charge < -0.3 is 20.5 Å². The summed E-state index contributed by atoms with van der Waals surface area (Å²) in [5, 5.41) is 3.09. The van der Waals surface area contributed by atoms with E-state index in [4.69, 9.17) is 15.2 Å². The second kappa shape index (κ2) is 9.65. The predicted molar refractivity (Wildman–Crippen MR) is 110 cm³/mol. The molecule has 2 atom stereocenters. The maximum Gasteiger partial charge on any atom is 0.225 e. The molecule has 0 spiro atoms. The summed E-state index contributed by atoms with van der Waals surface area (Å²) in [7, 11) is 1.65. The van der Waals surface area contributed by atoms with E-state index >= 15 is 0 Å². The lowest BCUT2D eigenvalue weighted by molar-refractivity contribution is -0.128. The number of para-hydroxylation sites is 1. The number of nitrogens with one attached hydrogen (secondary N) is 1. The molecule has 2 aliphatic rings. The molecule has 5 nitrogen and oxygen atoms in total. The number of rotatable bonds is 6. The van der Waals surface area contributed by atoms with Crippen molar-refractivity contribution in [2.75, 3.05) is 7.11 Å². The second-order valence-electron chi connectivity index (χ2n) is 7.99. The van der Waals surface area contributed by atoms with Gasteiger partial charge in [0.25, 0.3) is 0 Å². The van der Waals surface area contributed by atoms with Crippen LogP contribution in [-0.2, 0) is 11.3 Å². The molecule has 0 saturated heterocycles. The van der Waals surface area contributed by atoms with E-state index in [1.165, 1.54) is 12.8 Å². The van der Waals surface area contributed by atoms with E-state index < -0.39 is 5.54 Å². The summed E-state index contributed by atoms with van der Waals surface area (Å²) in [6.45, 7) is 2.43. The smallest absolute Gasteiger partial charge is 0.225 e. The zero-order valence-electron chi connectivity index (χ0n) is 16.5. The Kier molecular flexibility index (Phi) is 7.80. The summed E-state index contributed by atoms with van der Waals surface area (Å²) in [5.41, 5.74) is 6.91. The predicted octanol–water partition coefficient (Wildman–Crippen LogP) is 3.96. The molecule has 2 aliphatic carbocycles. The first-order valence-electron chi connectivity index (χ1n) is 9.90.